The molecule has 0 unspecified atom stereocenters. The summed E-state index contributed by atoms with van der Waals surface area (Å²) >= 11 is 0. The molecular formula is C12H18N. The van der Waals surface area contributed by atoms with Gasteiger partial charge in [0.25, 0.3) is 0 Å². The van der Waals surface area contributed by atoms with Gasteiger partial charge in [0, 0.05) is 12.4 Å². The van der Waals surface area contributed by atoms with Crippen molar-refractivity contribution in [3.05, 3.63) is 36.5 Å². The minimum absolute atomic E-state index is 0.434. The molecule has 0 aliphatic rings. The van der Waals surface area contributed by atoms with Crippen LogP contribution in [-0.4, -0.2) is 4.98 Å². The third-order valence-electron chi connectivity index (χ3n) is 1.98. The van der Waals surface area contributed by atoms with Crippen LogP contribution in [0.5, 0.6) is 0 Å². The van der Waals surface area contributed by atoms with E-state index in [9.17, 15) is 0 Å². The predicted octanol–water partition coefficient (Wildman–Crippen LogP) is 3.46. The molecule has 71 valence electrons. The molecule has 0 spiro atoms. The molecule has 1 rings (SSSR count). The summed E-state index contributed by atoms with van der Waals surface area (Å²) in [5.74, 6) is 0. The molecule has 0 atom stereocenters. The molecule has 1 radical (unpaired) electrons. The van der Waals surface area contributed by atoms with Gasteiger partial charge in [-0.15, -0.1) is 0 Å². The summed E-state index contributed by atoms with van der Waals surface area (Å²) in [6.45, 7) is 6.81. The van der Waals surface area contributed by atoms with Crippen molar-refractivity contribution in [3.63, 3.8) is 0 Å². The highest BCUT2D eigenvalue weighted by Gasteiger charge is 2.08. The summed E-state index contributed by atoms with van der Waals surface area (Å²) in [5, 5.41) is 0. The first-order valence-electron chi connectivity index (χ1n) is 4.81. The van der Waals surface area contributed by atoms with Crippen molar-refractivity contribution in [1.82, 2.24) is 4.98 Å². The molecule has 1 heteroatoms. The average Bonchev–Trinajstić information content (AvgIpc) is 2.04. The van der Waals surface area contributed by atoms with Gasteiger partial charge in [-0.3, -0.25) is 4.98 Å². The van der Waals surface area contributed by atoms with Crippen LogP contribution in [0.2, 0.25) is 0 Å². The van der Waals surface area contributed by atoms with Crippen molar-refractivity contribution >= 4 is 0 Å². The topological polar surface area (TPSA) is 12.9 Å². The fraction of sp³-hybridized carbons (Fsp3) is 0.500. The lowest BCUT2D eigenvalue weighted by molar-refractivity contribution is 0.378. The Morgan fingerprint density at radius 3 is 2.38 bits per heavy atom. The minimum atomic E-state index is 0.434. The van der Waals surface area contributed by atoms with Crippen molar-refractivity contribution in [2.45, 2.75) is 33.6 Å². The first-order chi connectivity index (χ1) is 6.08. The van der Waals surface area contributed by atoms with Crippen LogP contribution in [-0.2, 0) is 0 Å². The predicted molar refractivity (Wildman–Crippen MR) is 56.3 cm³/mol. The molecular weight excluding hydrogens is 158 g/mol. The van der Waals surface area contributed by atoms with E-state index < -0.39 is 0 Å². The number of pyridine rings is 1. The monoisotopic (exact) mass is 176 g/mol. The molecule has 0 aliphatic carbocycles. The van der Waals surface area contributed by atoms with E-state index in [1.165, 1.54) is 12.0 Å². The van der Waals surface area contributed by atoms with Crippen molar-refractivity contribution in [2.75, 3.05) is 0 Å². The van der Waals surface area contributed by atoms with Crippen LogP contribution < -0.4 is 0 Å². The Bertz CT molecular complexity index is 233. The van der Waals surface area contributed by atoms with E-state index in [4.69, 9.17) is 0 Å². The summed E-state index contributed by atoms with van der Waals surface area (Å²) < 4.78 is 0. The van der Waals surface area contributed by atoms with Crippen molar-refractivity contribution < 1.29 is 0 Å². The Labute approximate surface area is 81.2 Å². The van der Waals surface area contributed by atoms with Gasteiger partial charge >= 0.3 is 0 Å². The first-order valence-corrected chi connectivity index (χ1v) is 4.81. The maximum Gasteiger partial charge on any atom is 0.0270 e. The van der Waals surface area contributed by atoms with E-state index >= 15 is 0 Å². The van der Waals surface area contributed by atoms with Gasteiger partial charge in [-0.25, -0.2) is 0 Å². The third kappa shape index (κ3) is 4.66. The van der Waals surface area contributed by atoms with Crippen LogP contribution in [0.15, 0.2) is 24.5 Å². The van der Waals surface area contributed by atoms with E-state index in [0.717, 1.165) is 6.42 Å². The average molecular weight is 176 g/mol. The Kier molecular flexibility index (Phi) is 3.47. The Morgan fingerprint density at radius 2 is 1.85 bits per heavy atom. The first kappa shape index (κ1) is 10.2. The molecule has 0 N–H and O–H groups in total. The maximum atomic E-state index is 3.98. The molecule has 1 heterocycles. The minimum Gasteiger partial charge on any atom is -0.265 e. The Morgan fingerprint density at radius 1 is 1.23 bits per heavy atom. The molecule has 13 heavy (non-hydrogen) atoms. The van der Waals surface area contributed by atoms with Gasteiger partial charge in [-0.05, 0) is 42.4 Å². The zero-order valence-electron chi connectivity index (χ0n) is 8.75. The fourth-order valence-electron chi connectivity index (χ4n) is 1.17. The highest BCUT2D eigenvalue weighted by Crippen LogP contribution is 2.22. The van der Waals surface area contributed by atoms with Crippen molar-refractivity contribution in [1.29, 1.82) is 0 Å². The summed E-state index contributed by atoms with van der Waals surface area (Å²) in [4.78, 5) is 3.98. The smallest absolute Gasteiger partial charge is 0.0270 e. The summed E-state index contributed by atoms with van der Waals surface area (Å²) in [6, 6.07) is 4.09. The molecule has 0 amide bonds. The number of hydrogen-bond donors (Lipinski definition) is 0. The molecule has 0 saturated carbocycles. The molecule has 0 saturated heterocycles. The number of hydrogen-bond acceptors (Lipinski definition) is 1. The number of nitrogens with zero attached hydrogens (tertiary/aromatic N) is 1. The van der Waals surface area contributed by atoms with Gasteiger partial charge in [0.1, 0.15) is 0 Å². The van der Waals surface area contributed by atoms with Crippen LogP contribution in [0.3, 0.4) is 0 Å². The maximum absolute atomic E-state index is 3.98. The quantitative estimate of drug-likeness (QED) is 0.687. The Balaban J connectivity index is 2.29. The SMILES string of the molecule is CC(C)(C)CC[CH]c1ccncc1. The normalized spacial score (nSPS) is 11.6. The van der Waals surface area contributed by atoms with Gasteiger partial charge in [-0.2, -0.15) is 0 Å². The zero-order valence-corrected chi connectivity index (χ0v) is 8.75. The van der Waals surface area contributed by atoms with E-state index in [1.54, 1.807) is 0 Å². The van der Waals surface area contributed by atoms with Crippen LogP contribution in [0.25, 0.3) is 0 Å². The summed E-state index contributed by atoms with van der Waals surface area (Å²) in [6.07, 6.45) is 8.32. The molecule has 0 aliphatic heterocycles. The highest BCUT2D eigenvalue weighted by atomic mass is 14.6. The molecule has 1 aromatic rings. The lowest BCUT2D eigenvalue weighted by Gasteiger charge is -2.17. The van der Waals surface area contributed by atoms with Crippen LogP contribution >= 0.6 is 0 Å². The van der Waals surface area contributed by atoms with Gasteiger partial charge < -0.3 is 0 Å². The molecule has 0 aromatic carbocycles. The number of rotatable bonds is 3. The van der Waals surface area contributed by atoms with Gasteiger partial charge in [0.05, 0.1) is 0 Å². The van der Waals surface area contributed by atoms with Crippen molar-refractivity contribution in [2.24, 2.45) is 5.41 Å². The molecule has 0 bridgehead atoms. The van der Waals surface area contributed by atoms with E-state index in [-0.39, 0.29) is 0 Å². The van der Waals surface area contributed by atoms with Crippen LogP contribution in [0, 0.1) is 11.8 Å². The molecule has 1 nitrogen and oxygen atoms in total. The summed E-state index contributed by atoms with van der Waals surface area (Å²) in [5.41, 5.74) is 1.71. The third-order valence-corrected chi connectivity index (χ3v) is 1.98. The van der Waals surface area contributed by atoms with Gasteiger partial charge in [0.15, 0.2) is 0 Å². The highest BCUT2D eigenvalue weighted by molar-refractivity contribution is 5.18. The summed E-state index contributed by atoms with van der Waals surface area (Å²) in [7, 11) is 0. The van der Waals surface area contributed by atoms with Gasteiger partial charge in [0.2, 0.25) is 0 Å². The lowest BCUT2D eigenvalue weighted by atomic mass is 9.89. The largest absolute Gasteiger partial charge is 0.265 e. The van der Waals surface area contributed by atoms with Gasteiger partial charge in [-0.1, -0.05) is 20.8 Å². The zero-order chi connectivity index (χ0) is 9.73. The molecule has 0 fully saturated rings. The number of aromatic nitrogens is 1. The van der Waals surface area contributed by atoms with E-state index in [2.05, 4.69) is 32.2 Å². The Hall–Kier alpha value is -0.850. The second kappa shape index (κ2) is 4.40. The van der Waals surface area contributed by atoms with Crippen LogP contribution in [0.4, 0.5) is 0 Å². The van der Waals surface area contributed by atoms with Crippen molar-refractivity contribution in [3.8, 4) is 0 Å². The molecule has 1 aromatic heterocycles. The second-order valence-corrected chi connectivity index (χ2v) is 4.58. The standard InChI is InChI=1S/C12H18N/c1-12(2,3)8-4-5-11-6-9-13-10-7-11/h5-7,9-10H,4,8H2,1-3H3. The lowest BCUT2D eigenvalue weighted by Crippen LogP contribution is -2.04. The fourth-order valence-corrected chi connectivity index (χ4v) is 1.17. The van der Waals surface area contributed by atoms with Crippen LogP contribution in [0.1, 0.15) is 39.2 Å². The van der Waals surface area contributed by atoms with E-state index in [0.29, 0.717) is 5.41 Å². The second-order valence-electron chi connectivity index (χ2n) is 4.58. The van der Waals surface area contributed by atoms with E-state index in [1.807, 2.05) is 24.5 Å².